The molecule has 2 fully saturated rings. The van der Waals surface area contributed by atoms with E-state index in [1.165, 1.54) is 15.9 Å². The zero-order valence-electron chi connectivity index (χ0n) is 21.9. The van der Waals surface area contributed by atoms with Gasteiger partial charge in [0, 0.05) is 44.2 Å². The van der Waals surface area contributed by atoms with E-state index in [1.807, 2.05) is 30.3 Å². The summed E-state index contributed by atoms with van der Waals surface area (Å²) in [6.45, 7) is 3.49. The maximum absolute atomic E-state index is 13.3. The fraction of sp³-hybridized carbons (Fsp3) is 0.481. The summed E-state index contributed by atoms with van der Waals surface area (Å²) in [6, 6.07) is 9.50. The van der Waals surface area contributed by atoms with Crippen molar-refractivity contribution in [1.82, 2.24) is 25.1 Å². The van der Waals surface area contributed by atoms with Gasteiger partial charge < -0.3 is 29.7 Å². The van der Waals surface area contributed by atoms with E-state index in [0.29, 0.717) is 23.9 Å². The number of aliphatic carboxylic acids is 1. The van der Waals surface area contributed by atoms with Crippen molar-refractivity contribution in [3.63, 3.8) is 0 Å². The molecule has 12 heteroatoms. The molecular formula is C27H33N5O7. The fourth-order valence-corrected chi connectivity index (χ4v) is 4.12. The summed E-state index contributed by atoms with van der Waals surface area (Å²) in [5.41, 5.74) is 0.705. The summed E-state index contributed by atoms with van der Waals surface area (Å²) in [7, 11) is 0. The molecule has 1 saturated heterocycles. The van der Waals surface area contributed by atoms with Crippen LogP contribution in [0.3, 0.4) is 0 Å². The number of hydrogen-bond acceptors (Lipinski definition) is 8. The number of piperazine rings is 1. The Bertz CT molecular complexity index is 1180. The van der Waals surface area contributed by atoms with E-state index in [0.717, 1.165) is 12.8 Å². The number of rotatable bonds is 11. The summed E-state index contributed by atoms with van der Waals surface area (Å²) < 4.78 is 10.8. The molecule has 0 radical (unpaired) electrons. The van der Waals surface area contributed by atoms with Crippen LogP contribution in [0.5, 0.6) is 5.88 Å². The second-order valence-corrected chi connectivity index (χ2v) is 9.51. The molecule has 4 rings (SSSR count). The van der Waals surface area contributed by atoms with Crippen molar-refractivity contribution in [2.45, 2.75) is 38.6 Å². The second kappa shape index (κ2) is 13.0. The van der Waals surface area contributed by atoms with Gasteiger partial charge >= 0.3 is 12.1 Å². The standard InChI is InChI=1S/C27H33N5O7/c1-2-38-27(37)32-14-12-31(13-15-32)26(36)20(10-11-23(33)34)29-25(35)21-16-22(39-17-18-8-9-18)30-24(28-21)19-6-4-3-5-7-19/h3-7,16,18,20H,2,8-15,17H2,1H3,(H,29,35)(H,33,34). The largest absolute Gasteiger partial charge is 0.481 e. The lowest BCUT2D eigenvalue weighted by atomic mass is 10.1. The highest BCUT2D eigenvalue weighted by Gasteiger charge is 2.31. The third kappa shape index (κ3) is 7.88. The quantitative estimate of drug-likeness (QED) is 0.438. The number of carboxylic acids is 1. The van der Waals surface area contributed by atoms with Crippen molar-refractivity contribution in [3.05, 3.63) is 42.1 Å². The van der Waals surface area contributed by atoms with Gasteiger partial charge in [-0.25, -0.2) is 9.78 Å². The van der Waals surface area contributed by atoms with Gasteiger partial charge in [0.25, 0.3) is 5.91 Å². The Morgan fingerprint density at radius 1 is 1.05 bits per heavy atom. The number of nitrogens with zero attached hydrogens (tertiary/aromatic N) is 4. The van der Waals surface area contributed by atoms with Crippen LogP contribution in [0.25, 0.3) is 11.4 Å². The molecule has 1 atom stereocenters. The Morgan fingerprint density at radius 3 is 2.38 bits per heavy atom. The van der Waals surface area contributed by atoms with E-state index in [-0.39, 0.29) is 57.2 Å². The van der Waals surface area contributed by atoms with Crippen molar-refractivity contribution in [3.8, 4) is 17.3 Å². The number of carbonyl (C=O) groups excluding carboxylic acids is 3. The predicted molar refractivity (Wildman–Crippen MR) is 139 cm³/mol. The van der Waals surface area contributed by atoms with Crippen LogP contribution in [0.2, 0.25) is 0 Å². The molecule has 1 aliphatic heterocycles. The maximum atomic E-state index is 13.3. The number of nitrogens with one attached hydrogen (secondary N) is 1. The first-order chi connectivity index (χ1) is 18.8. The Morgan fingerprint density at radius 2 is 1.74 bits per heavy atom. The van der Waals surface area contributed by atoms with Gasteiger partial charge in [-0.05, 0) is 32.1 Å². The predicted octanol–water partition coefficient (Wildman–Crippen LogP) is 2.20. The van der Waals surface area contributed by atoms with Crippen molar-refractivity contribution in [2.75, 3.05) is 39.4 Å². The van der Waals surface area contributed by atoms with E-state index in [4.69, 9.17) is 9.47 Å². The zero-order valence-corrected chi connectivity index (χ0v) is 21.9. The van der Waals surface area contributed by atoms with Crippen LogP contribution in [0.15, 0.2) is 36.4 Å². The smallest absolute Gasteiger partial charge is 0.409 e. The third-order valence-electron chi connectivity index (χ3n) is 6.50. The third-order valence-corrected chi connectivity index (χ3v) is 6.50. The van der Waals surface area contributed by atoms with Gasteiger partial charge in [0.05, 0.1) is 13.2 Å². The average Bonchev–Trinajstić information content (AvgIpc) is 3.79. The lowest BCUT2D eigenvalue weighted by Crippen LogP contribution is -2.56. The molecule has 1 saturated carbocycles. The fourth-order valence-electron chi connectivity index (χ4n) is 4.12. The minimum Gasteiger partial charge on any atom is -0.481 e. The van der Waals surface area contributed by atoms with Crippen LogP contribution >= 0.6 is 0 Å². The first-order valence-electron chi connectivity index (χ1n) is 13.1. The first kappa shape index (κ1) is 27.8. The molecule has 2 aliphatic rings. The van der Waals surface area contributed by atoms with Crippen LogP contribution in [0.1, 0.15) is 43.1 Å². The summed E-state index contributed by atoms with van der Waals surface area (Å²) in [4.78, 5) is 61.9. The number of carbonyl (C=O) groups is 4. The Hall–Kier alpha value is -4.22. The molecule has 1 aromatic heterocycles. The van der Waals surface area contributed by atoms with E-state index in [1.54, 1.807) is 6.92 Å². The minimum absolute atomic E-state index is 0.00917. The number of hydrogen-bond donors (Lipinski definition) is 2. The molecule has 1 aromatic carbocycles. The monoisotopic (exact) mass is 539 g/mol. The summed E-state index contributed by atoms with van der Waals surface area (Å²) in [5.74, 6) is -1.12. The van der Waals surface area contributed by atoms with Crippen molar-refractivity contribution in [2.24, 2.45) is 5.92 Å². The van der Waals surface area contributed by atoms with Gasteiger partial charge in [-0.3, -0.25) is 14.4 Å². The molecule has 1 unspecified atom stereocenters. The van der Waals surface area contributed by atoms with Crippen LogP contribution in [0.4, 0.5) is 4.79 Å². The molecule has 0 spiro atoms. The van der Waals surface area contributed by atoms with Gasteiger partial charge in [-0.1, -0.05) is 30.3 Å². The Kier molecular flexibility index (Phi) is 9.29. The summed E-state index contributed by atoms with van der Waals surface area (Å²) in [5, 5.41) is 11.9. The average molecular weight is 540 g/mol. The summed E-state index contributed by atoms with van der Waals surface area (Å²) in [6.07, 6.45) is 1.32. The van der Waals surface area contributed by atoms with Gasteiger partial charge in [0.2, 0.25) is 11.8 Å². The second-order valence-electron chi connectivity index (χ2n) is 9.51. The number of amides is 3. The Balaban J connectivity index is 1.50. The lowest BCUT2D eigenvalue weighted by molar-refractivity contribution is -0.138. The molecule has 39 heavy (non-hydrogen) atoms. The van der Waals surface area contributed by atoms with Crippen molar-refractivity contribution >= 4 is 23.9 Å². The molecule has 2 aromatic rings. The van der Waals surface area contributed by atoms with E-state index >= 15 is 0 Å². The highest BCUT2D eigenvalue weighted by Crippen LogP contribution is 2.29. The van der Waals surface area contributed by atoms with E-state index in [2.05, 4.69) is 15.3 Å². The van der Waals surface area contributed by atoms with Gasteiger partial charge in [-0.15, -0.1) is 0 Å². The Labute approximate surface area is 226 Å². The topological polar surface area (TPSA) is 151 Å². The molecule has 3 amide bonds. The number of ether oxygens (including phenoxy) is 2. The van der Waals surface area contributed by atoms with Crippen LogP contribution in [-0.4, -0.2) is 94.2 Å². The van der Waals surface area contributed by atoms with Crippen LogP contribution in [-0.2, 0) is 14.3 Å². The number of carboxylic acid groups (broad SMARTS) is 1. The minimum atomic E-state index is -1.09. The normalized spacial score (nSPS) is 15.8. The molecular weight excluding hydrogens is 506 g/mol. The van der Waals surface area contributed by atoms with E-state index < -0.39 is 29.9 Å². The van der Waals surface area contributed by atoms with Gasteiger partial charge in [-0.2, -0.15) is 4.98 Å². The lowest BCUT2D eigenvalue weighted by Gasteiger charge is -2.35. The zero-order chi connectivity index (χ0) is 27.8. The highest BCUT2D eigenvalue weighted by atomic mass is 16.6. The van der Waals surface area contributed by atoms with Crippen LogP contribution < -0.4 is 10.1 Å². The molecule has 1 aliphatic carbocycles. The molecule has 2 N–H and O–H groups in total. The molecule has 208 valence electrons. The summed E-state index contributed by atoms with van der Waals surface area (Å²) >= 11 is 0. The number of aromatic nitrogens is 2. The molecule has 12 nitrogen and oxygen atoms in total. The van der Waals surface area contributed by atoms with E-state index in [9.17, 15) is 24.3 Å². The van der Waals surface area contributed by atoms with Gasteiger partial charge in [0.1, 0.15) is 11.7 Å². The maximum Gasteiger partial charge on any atom is 0.409 e. The number of benzene rings is 1. The molecule has 0 bridgehead atoms. The van der Waals surface area contributed by atoms with Crippen molar-refractivity contribution < 1.29 is 33.8 Å². The van der Waals surface area contributed by atoms with Crippen LogP contribution in [0, 0.1) is 5.92 Å². The molecule has 2 heterocycles. The SMILES string of the molecule is CCOC(=O)N1CCN(C(=O)C(CCC(=O)O)NC(=O)c2cc(OCC3CC3)nc(-c3ccccc3)n2)CC1. The highest BCUT2D eigenvalue weighted by molar-refractivity contribution is 5.96. The van der Waals surface area contributed by atoms with Gasteiger partial charge in [0.15, 0.2) is 5.82 Å². The first-order valence-corrected chi connectivity index (χ1v) is 13.1. The van der Waals surface area contributed by atoms with Crippen molar-refractivity contribution in [1.29, 1.82) is 0 Å².